The highest BCUT2D eigenvalue weighted by atomic mass is 16.5. The van der Waals surface area contributed by atoms with Crippen LogP contribution in [-0.2, 0) is 9.53 Å². The zero-order valence-electron chi connectivity index (χ0n) is 17.6. The third-order valence-corrected chi connectivity index (χ3v) is 4.83. The van der Waals surface area contributed by atoms with Crippen LogP contribution in [0.4, 0.5) is 0 Å². The lowest BCUT2D eigenvalue weighted by molar-refractivity contribution is -0.137. The Bertz CT molecular complexity index is 1300. The van der Waals surface area contributed by atoms with Crippen LogP contribution in [0.1, 0.15) is 18.2 Å². The number of ether oxygens (including phenoxy) is 3. The first kappa shape index (κ1) is 20.3. The molecule has 0 aliphatic heterocycles. The highest BCUT2D eigenvalue weighted by Gasteiger charge is 2.12. The summed E-state index contributed by atoms with van der Waals surface area (Å²) in [7, 11) is 1.58. The summed E-state index contributed by atoms with van der Waals surface area (Å²) in [5.74, 6) is 1.51. The van der Waals surface area contributed by atoms with Gasteiger partial charge in [-0.15, -0.1) is 0 Å². The zero-order valence-corrected chi connectivity index (χ0v) is 17.6. The molecule has 31 heavy (non-hydrogen) atoms. The van der Waals surface area contributed by atoms with Crippen molar-refractivity contribution in [2.75, 3.05) is 13.7 Å². The van der Waals surface area contributed by atoms with E-state index >= 15 is 0 Å². The van der Waals surface area contributed by atoms with Crippen molar-refractivity contribution < 1.29 is 19.0 Å². The number of pyridine rings is 2. The van der Waals surface area contributed by atoms with Crippen molar-refractivity contribution in [1.82, 2.24) is 9.97 Å². The molecular formula is C25H22N2O4. The number of aromatic nitrogens is 2. The van der Waals surface area contributed by atoms with Gasteiger partial charge in [-0.2, -0.15) is 0 Å². The number of aryl methyl sites for hydroxylation is 1. The molecule has 0 aliphatic rings. The van der Waals surface area contributed by atoms with Gasteiger partial charge in [-0.3, -0.25) is 4.98 Å². The molecule has 0 radical (unpaired) electrons. The number of hydrogen-bond donors (Lipinski definition) is 0. The fraction of sp³-hybridized carbons (Fsp3) is 0.160. The molecule has 0 unspecified atom stereocenters. The van der Waals surface area contributed by atoms with Crippen molar-refractivity contribution in [2.24, 2.45) is 0 Å². The first-order chi connectivity index (χ1) is 15.1. The molecule has 0 saturated heterocycles. The van der Waals surface area contributed by atoms with E-state index in [0.717, 1.165) is 27.5 Å². The fourth-order valence-electron chi connectivity index (χ4n) is 3.32. The first-order valence-electron chi connectivity index (χ1n) is 9.95. The van der Waals surface area contributed by atoms with Gasteiger partial charge in [0.05, 0.1) is 30.4 Å². The van der Waals surface area contributed by atoms with Crippen molar-refractivity contribution in [3.63, 3.8) is 0 Å². The van der Waals surface area contributed by atoms with Crippen molar-refractivity contribution in [3.8, 4) is 17.2 Å². The number of fused-ring (bicyclic) bond motifs is 2. The quantitative estimate of drug-likeness (QED) is 0.308. The van der Waals surface area contributed by atoms with Crippen molar-refractivity contribution in [1.29, 1.82) is 0 Å². The second kappa shape index (κ2) is 8.83. The molecule has 6 nitrogen and oxygen atoms in total. The minimum Gasteiger partial charge on any atom is -0.496 e. The van der Waals surface area contributed by atoms with Crippen molar-refractivity contribution in [2.45, 2.75) is 13.8 Å². The lowest BCUT2D eigenvalue weighted by Crippen LogP contribution is -1.99. The fourth-order valence-corrected chi connectivity index (χ4v) is 3.32. The molecule has 0 spiro atoms. The summed E-state index contributed by atoms with van der Waals surface area (Å²) in [5.41, 5.74) is 3.15. The number of hydrogen-bond acceptors (Lipinski definition) is 6. The smallest absolute Gasteiger partial charge is 0.330 e. The van der Waals surface area contributed by atoms with Gasteiger partial charge >= 0.3 is 5.97 Å². The Morgan fingerprint density at radius 1 is 1.03 bits per heavy atom. The van der Waals surface area contributed by atoms with Crippen LogP contribution in [0.5, 0.6) is 17.2 Å². The van der Waals surface area contributed by atoms with E-state index in [2.05, 4.69) is 9.97 Å². The van der Waals surface area contributed by atoms with E-state index in [4.69, 9.17) is 14.2 Å². The average Bonchev–Trinajstić information content (AvgIpc) is 2.78. The molecule has 2 heterocycles. The molecule has 0 fully saturated rings. The number of nitrogens with zero attached hydrogens (tertiary/aromatic N) is 2. The van der Waals surface area contributed by atoms with Crippen LogP contribution in [0.2, 0.25) is 0 Å². The number of methoxy groups -OCH3 is 1. The highest BCUT2D eigenvalue weighted by Crippen LogP contribution is 2.35. The Labute approximate surface area is 180 Å². The van der Waals surface area contributed by atoms with Crippen LogP contribution < -0.4 is 9.47 Å². The first-order valence-corrected chi connectivity index (χ1v) is 9.95. The Morgan fingerprint density at radius 3 is 2.68 bits per heavy atom. The summed E-state index contributed by atoms with van der Waals surface area (Å²) < 4.78 is 16.7. The third-order valence-electron chi connectivity index (χ3n) is 4.83. The van der Waals surface area contributed by atoms with Gasteiger partial charge < -0.3 is 14.2 Å². The van der Waals surface area contributed by atoms with Crippen LogP contribution in [0, 0.1) is 6.92 Å². The molecule has 4 rings (SSSR count). The SMILES string of the molecule is CCOC(=O)/C=C/c1cc2nccc(Oc3cc4ccccc4nc3C)c2cc1OC. The van der Waals surface area contributed by atoms with Gasteiger partial charge in [0.2, 0.25) is 0 Å². The lowest BCUT2D eigenvalue weighted by Gasteiger charge is -2.13. The predicted molar refractivity (Wildman–Crippen MR) is 121 cm³/mol. The standard InChI is InChI=1S/C25H22N2O4/c1-4-30-25(28)10-9-18-13-21-19(15-24(18)29-3)22(11-12-26-21)31-23-14-17-7-5-6-8-20(17)27-16(23)2/h5-15H,4H2,1-3H3/b10-9+. The predicted octanol–water partition coefficient (Wildman–Crippen LogP) is 5.47. The van der Waals surface area contributed by atoms with E-state index < -0.39 is 5.97 Å². The van der Waals surface area contributed by atoms with Gasteiger partial charge in [0.25, 0.3) is 0 Å². The molecule has 4 aromatic rings. The molecule has 0 N–H and O–H groups in total. The summed E-state index contributed by atoms with van der Waals surface area (Å²) >= 11 is 0. The van der Waals surface area contributed by atoms with Gasteiger partial charge in [0.15, 0.2) is 0 Å². The second-order valence-corrected chi connectivity index (χ2v) is 6.87. The Morgan fingerprint density at radius 2 is 1.87 bits per heavy atom. The number of benzene rings is 2. The van der Waals surface area contributed by atoms with Gasteiger partial charge in [0, 0.05) is 28.6 Å². The van der Waals surface area contributed by atoms with Crippen LogP contribution >= 0.6 is 0 Å². The van der Waals surface area contributed by atoms with E-state index in [1.165, 1.54) is 6.08 Å². The zero-order chi connectivity index (χ0) is 21.8. The molecular weight excluding hydrogens is 392 g/mol. The summed E-state index contributed by atoms with van der Waals surface area (Å²) in [4.78, 5) is 20.8. The largest absolute Gasteiger partial charge is 0.496 e. The van der Waals surface area contributed by atoms with E-state index in [0.29, 0.717) is 29.4 Å². The molecule has 0 bridgehead atoms. The summed E-state index contributed by atoms with van der Waals surface area (Å²) in [6.07, 6.45) is 4.72. The Kier molecular flexibility index (Phi) is 5.80. The van der Waals surface area contributed by atoms with Gasteiger partial charge in [-0.1, -0.05) is 18.2 Å². The Hall–Kier alpha value is -3.93. The molecule has 0 amide bonds. The number of carbonyl (C=O) groups is 1. The van der Waals surface area contributed by atoms with E-state index in [1.807, 2.05) is 55.5 Å². The number of esters is 1. The van der Waals surface area contributed by atoms with Crippen molar-refractivity contribution in [3.05, 3.63) is 72.1 Å². The highest BCUT2D eigenvalue weighted by molar-refractivity contribution is 5.92. The third kappa shape index (κ3) is 4.33. The minimum absolute atomic E-state index is 0.323. The number of para-hydroxylation sites is 1. The average molecular weight is 414 g/mol. The molecule has 156 valence electrons. The van der Waals surface area contributed by atoms with Crippen LogP contribution in [0.3, 0.4) is 0 Å². The summed E-state index contributed by atoms with van der Waals surface area (Å²) in [5, 5.41) is 1.80. The maximum absolute atomic E-state index is 11.7. The topological polar surface area (TPSA) is 70.5 Å². The molecule has 2 aromatic carbocycles. The van der Waals surface area contributed by atoms with Gasteiger partial charge in [-0.05, 0) is 50.3 Å². The Balaban J connectivity index is 1.74. The van der Waals surface area contributed by atoms with E-state index in [9.17, 15) is 4.79 Å². The maximum atomic E-state index is 11.7. The van der Waals surface area contributed by atoms with Crippen LogP contribution in [-0.4, -0.2) is 29.7 Å². The number of rotatable bonds is 6. The molecule has 0 atom stereocenters. The normalized spacial score (nSPS) is 11.2. The number of carbonyl (C=O) groups excluding carboxylic acids is 1. The van der Waals surface area contributed by atoms with E-state index in [-0.39, 0.29) is 0 Å². The second-order valence-electron chi connectivity index (χ2n) is 6.87. The lowest BCUT2D eigenvalue weighted by atomic mass is 10.1. The van der Waals surface area contributed by atoms with Crippen LogP contribution in [0.25, 0.3) is 27.9 Å². The van der Waals surface area contributed by atoms with Gasteiger partial charge in [0.1, 0.15) is 17.2 Å². The minimum atomic E-state index is -0.408. The van der Waals surface area contributed by atoms with E-state index in [1.54, 1.807) is 26.3 Å². The molecule has 0 saturated carbocycles. The molecule has 2 aromatic heterocycles. The molecule has 0 aliphatic carbocycles. The van der Waals surface area contributed by atoms with Crippen molar-refractivity contribution >= 4 is 33.9 Å². The molecule has 6 heteroatoms. The van der Waals surface area contributed by atoms with Gasteiger partial charge in [-0.25, -0.2) is 9.78 Å². The summed E-state index contributed by atoms with van der Waals surface area (Å²) in [6, 6.07) is 15.4. The monoisotopic (exact) mass is 414 g/mol. The summed E-state index contributed by atoms with van der Waals surface area (Å²) in [6.45, 7) is 4.01. The maximum Gasteiger partial charge on any atom is 0.330 e. The van der Waals surface area contributed by atoms with Crippen LogP contribution in [0.15, 0.2) is 60.8 Å².